The Bertz CT molecular complexity index is 2940. The van der Waals surface area contributed by atoms with Crippen molar-refractivity contribution in [2.45, 2.75) is 226 Å². The molecule has 1 saturated carbocycles. The Kier molecular flexibility index (Phi) is 18.1. The SMILES string of the molecule is CCCCC(CC)c1cc(-c2ccc(N(c3ccc(C4CCCCC4)cc3)c3ccc4c(c3)C(c3ccc(C(C)(C)C)cc3)(c3ccc(C(C)(C)C)cc3)c3ccccc3-4)cc2)cc(C(CC)CCCC)c1C(CC)CCC. The fourth-order valence-electron chi connectivity index (χ4n) is 14.2. The zero-order valence-corrected chi connectivity index (χ0v) is 50.5. The average Bonchev–Trinajstić information content (AvgIpc) is 3.87. The van der Waals surface area contributed by atoms with Crippen LogP contribution in [0.4, 0.5) is 17.1 Å². The number of fused-ring (bicyclic) bond motifs is 3. The van der Waals surface area contributed by atoms with Crippen molar-refractivity contribution in [2.75, 3.05) is 4.90 Å². The Morgan fingerprint density at radius 1 is 0.449 bits per heavy atom. The van der Waals surface area contributed by atoms with Crippen LogP contribution in [0.1, 0.15) is 265 Å². The summed E-state index contributed by atoms with van der Waals surface area (Å²) in [6.07, 6.45) is 20.3. The minimum Gasteiger partial charge on any atom is -0.310 e. The summed E-state index contributed by atoms with van der Waals surface area (Å²) >= 11 is 0. The van der Waals surface area contributed by atoms with Gasteiger partial charge in [-0.05, 0) is 200 Å². The van der Waals surface area contributed by atoms with Crippen molar-refractivity contribution in [3.63, 3.8) is 0 Å². The maximum Gasteiger partial charge on any atom is 0.0714 e. The summed E-state index contributed by atoms with van der Waals surface area (Å²) in [6, 6.07) is 60.8. The molecule has 1 nitrogen and oxygen atoms in total. The van der Waals surface area contributed by atoms with Crippen molar-refractivity contribution in [1.82, 2.24) is 0 Å². The molecule has 0 amide bonds. The van der Waals surface area contributed by atoms with Gasteiger partial charge in [0.15, 0.2) is 0 Å². The van der Waals surface area contributed by atoms with E-state index in [1.54, 1.807) is 16.7 Å². The van der Waals surface area contributed by atoms with Gasteiger partial charge in [0.2, 0.25) is 0 Å². The lowest BCUT2D eigenvalue weighted by atomic mass is 9.67. The highest BCUT2D eigenvalue weighted by atomic mass is 15.1. The van der Waals surface area contributed by atoms with Crippen LogP contribution in [0.25, 0.3) is 22.3 Å². The highest BCUT2D eigenvalue weighted by Gasteiger charge is 2.47. The molecule has 3 unspecified atom stereocenters. The van der Waals surface area contributed by atoms with Crippen LogP contribution in [0.15, 0.2) is 152 Å². The average molecular weight is 1040 g/mol. The maximum atomic E-state index is 2.67. The van der Waals surface area contributed by atoms with E-state index >= 15 is 0 Å². The Balaban J connectivity index is 1.24. The van der Waals surface area contributed by atoms with Crippen molar-refractivity contribution >= 4 is 17.1 Å². The van der Waals surface area contributed by atoms with Crippen molar-refractivity contribution in [2.24, 2.45) is 0 Å². The zero-order chi connectivity index (χ0) is 55.2. The number of unbranched alkanes of at least 4 members (excludes halogenated alkanes) is 2. The van der Waals surface area contributed by atoms with Crippen LogP contribution in [0.3, 0.4) is 0 Å². The lowest BCUT2D eigenvalue weighted by Crippen LogP contribution is -2.29. The van der Waals surface area contributed by atoms with Crippen molar-refractivity contribution in [3.05, 3.63) is 207 Å². The first kappa shape index (κ1) is 57.0. The molecule has 0 spiro atoms. The van der Waals surface area contributed by atoms with Crippen molar-refractivity contribution < 1.29 is 0 Å². The van der Waals surface area contributed by atoms with Gasteiger partial charge in [-0.15, -0.1) is 0 Å². The maximum absolute atomic E-state index is 2.67. The van der Waals surface area contributed by atoms with E-state index in [9.17, 15) is 0 Å². The molecule has 0 heterocycles. The summed E-state index contributed by atoms with van der Waals surface area (Å²) in [6.45, 7) is 28.4. The molecule has 410 valence electrons. The van der Waals surface area contributed by atoms with Crippen LogP contribution in [0.2, 0.25) is 0 Å². The second-order valence-electron chi connectivity index (χ2n) is 25.9. The molecule has 0 radical (unpaired) electrons. The topological polar surface area (TPSA) is 3.24 Å². The molecule has 0 saturated heterocycles. The van der Waals surface area contributed by atoms with Crippen LogP contribution in [0.5, 0.6) is 0 Å². The largest absolute Gasteiger partial charge is 0.310 e. The van der Waals surface area contributed by atoms with Crippen LogP contribution >= 0.6 is 0 Å². The molecule has 3 atom stereocenters. The summed E-state index contributed by atoms with van der Waals surface area (Å²) < 4.78 is 0. The van der Waals surface area contributed by atoms with Gasteiger partial charge >= 0.3 is 0 Å². The number of rotatable bonds is 21. The molecule has 7 aromatic rings. The Morgan fingerprint density at radius 2 is 0.936 bits per heavy atom. The predicted octanol–water partition coefficient (Wildman–Crippen LogP) is 23.5. The van der Waals surface area contributed by atoms with Gasteiger partial charge in [-0.25, -0.2) is 0 Å². The van der Waals surface area contributed by atoms with E-state index in [0.717, 1.165) is 0 Å². The molecule has 1 heteroatoms. The smallest absolute Gasteiger partial charge is 0.0714 e. The highest BCUT2D eigenvalue weighted by molar-refractivity contribution is 5.90. The molecule has 0 bridgehead atoms. The van der Waals surface area contributed by atoms with Gasteiger partial charge in [-0.1, -0.05) is 250 Å². The summed E-state index contributed by atoms with van der Waals surface area (Å²) in [5.41, 5.74) is 23.0. The fraction of sp³-hybridized carbons (Fsp3) is 0.455. The minimum atomic E-state index is -0.536. The van der Waals surface area contributed by atoms with Crippen LogP contribution < -0.4 is 4.90 Å². The third kappa shape index (κ3) is 11.5. The summed E-state index contributed by atoms with van der Waals surface area (Å²) in [4.78, 5) is 2.56. The van der Waals surface area contributed by atoms with Crippen LogP contribution in [-0.4, -0.2) is 0 Å². The molecular formula is C77H97N. The second-order valence-corrected chi connectivity index (χ2v) is 25.9. The van der Waals surface area contributed by atoms with E-state index in [4.69, 9.17) is 0 Å². The molecule has 1 fully saturated rings. The van der Waals surface area contributed by atoms with Crippen LogP contribution in [0, 0.1) is 0 Å². The fourth-order valence-corrected chi connectivity index (χ4v) is 14.2. The van der Waals surface area contributed by atoms with E-state index in [1.165, 1.54) is 181 Å². The predicted molar refractivity (Wildman–Crippen MR) is 340 cm³/mol. The number of anilines is 3. The van der Waals surface area contributed by atoms with Crippen molar-refractivity contribution in [1.29, 1.82) is 0 Å². The van der Waals surface area contributed by atoms with E-state index in [2.05, 4.69) is 240 Å². The normalized spacial score (nSPS) is 15.6. The summed E-state index contributed by atoms with van der Waals surface area (Å²) in [7, 11) is 0. The molecule has 2 aliphatic rings. The third-order valence-corrected chi connectivity index (χ3v) is 18.8. The lowest BCUT2D eigenvalue weighted by Gasteiger charge is -2.36. The Morgan fingerprint density at radius 3 is 1.42 bits per heavy atom. The van der Waals surface area contributed by atoms with Gasteiger partial charge in [-0.3, -0.25) is 0 Å². The number of hydrogen-bond donors (Lipinski definition) is 0. The molecule has 9 rings (SSSR count). The molecule has 0 N–H and O–H groups in total. The number of hydrogen-bond acceptors (Lipinski definition) is 1. The summed E-state index contributed by atoms with van der Waals surface area (Å²) in [5, 5.41) is 0. The first-order valence-corrected chi connectivity index (χ1v) is 31.3. The quantitative estimate of drug-likeness (QED) is 0.0693. The molecule has 78 heavy (non-hydrogen) atoms. The molecular weight excluding hydrogens is 939 g/mol. The molecule has 0 aliphatic heterocycles. The van der Waals surface area contributed by atoms with Crippen LogP contribution in [-0.2, 0) is 16.2 Å². The van der Waals surface area contributed by atoms with Gasteiger partial charge in [-0.2, -0.15) is 0 Å². The highest BCUT2D eigenvalue weighted by Crippen LogP contribution is 2.58. The van der Waals surface area contributed by atoms with E-state index < -0.39 is 5.41 Å². The first-order chi connectivity index (χ1) is 37.7. The van der Waals surface area contributed by atoms with E-state index in [-0.39, 0.29) is 10.8 Å². The Labute approximate surface area is 474 Å². The molecule has 7 aromatic carbocycles. The van der Waals surface area contributed by atoms with E-state index in [1.807, 2.05) is 0 Å². The Hall–Kier alpha value is -5.66. The minimum absolute atomic E-state index is 0.0429. The van der Waals surface area contributed by atoms with Gasteiger partial charge < -0.3 is 4.90 Å². The van der Waals surface area contributed by atoms with Crippen molar-refractivity contribution in [3.8, 4) is 22.3 Å². The zero-order valence-electron chi connectivity index (χ0n) is 50.5. The van der Waals surface area contributed by atoms with E-state index in [0.29, 0.717) is 23.7 Å². The number of nitrogens with zero attached hydrogens (tertiary/aromatic N) is 1. The monoisotopic (exact) mass is 1040 g/mol. The third-order valence-electron chi connectivity index (χ3n) is 18.8. The standard InChI is InChI=1S/C77H97N/c1-13-19-27-54(16-4)70-51-60(52-71(55(17-5)28-20-14-2)74(70)56(18-6)26-15-3)59-35-47-66(48-36-59)78(65-45-33-58(34-46-65)57-29-22-21-23-30-57)67-49-50-69-68-31-24-25-32-72(68)77(73(69)53-67,63-41-37-61(38-42-63)75(7,8)9)64-43-39-62(40-44-64)76(10,11)12/h24-25,31-57H,13-23,26-30H2,1-12H3. The van der Waals surface area contributed by atoms with Gasteiger partial charge in [0.05, 0.1) is 5.41 Å². The molecule has 0 aromatic heterocycles. The van der Waals surface area contributed by atoms with Gasteiger partial charge in [0.1, 0.15) is 0 Å². The van der Waals surface area contributed by atoms with Gasteiger partial charge in [0.25, 0.3) is 0 Å². The second kappa shape index (κ2) is 24.8. The summed E-state index contributed by atoms with van der Waals surface area (Å²) in [5.74, 6) is 2.40. The first-order valence-electron chi connectivity index (χ1n) is 31.3. The number of benzene rings is 7. The lowest BCUT2D eigenvalue weighted by molar-refractivity contribution is 0.443. The molecule has 2 aliphatic carbocycles. The van der Waals surface area contributed by atoms with Gasteiger partial charge in [0, 0.05) is 17.1 Å².